The Morgan fingerprint density at radius 1 is 1.19 bits per heavy atom. The highest BCUT2D eigenvalue weighted by Gasteiger charge is 2.41. The Balaban J connectivity index is 3.03. The van der Waals surface area contributed by atoms with Crippen LogP contribution >= 0.6 is 0 Å². The molecule has 21 heavy (non-hydrogen) atoms. The monoisotopic (exact) mass is 291 g/mol. The summed E-state index contributed by atoms with van der Waals surface area (Å²) in [6, 6.07) is 8.46. The van der Waals surface area contributed by atoms with Crippen LogP contribution in [0, 0.1) is 11.3 Å². The topological polar surface area (TPSA) is 52.3 Å². The summed E-state index contributed by atoms with van der Waals surface area (Å²) < 4.78 is 5.27. The molecule has 1 aromatic carbocycles. The third kappa shape index (κ3) is 4.07. The molecule has 1 rings (SSSR count). The number of nitrogens with two attached hydrogens (primary N) is 1. The van der Waals surface area contributed by atoms with Crippen molar-refractivity contribution in [3.8, 4) is 0 Å². The molecule has 0 fully saturated rings. The number of hydrogen-bond donors (Lipinski definition) is 1. The van der Waals surface area contributed by atoms with E-state index in [2.05, 4.69) is 38.1 Å². The van der Waals surface area contributed by atoms with Crippen molar-refractivity contribution >= 4 is 5.97 Å². The van der Waals surface area contributed by atoms with Gasteiger partial charge in [0.1, 0.15) is 0 Å². The van der Waals surface area contributed by atoms with E-state index in [9.17, 15) is 4.79 Å². The van der Waals surface area contributed by atoms with Gasteiger partial charge in [-0.3, -0.25) is 4.79 Å². The summed E-state index contributed by atoms with van der Waals surface area (Å²) in [5, 5.41) is 0. The van der Waals surface area contributed by atoms with E-state index in [-0.39, 0.29) is 11.9 Å². The largest absolute Gasteiger partial charge is 0.466 e. The van der Waals surface area contributed by atoms with Gasteiger partial charge in [-0.15, -0.1) is 0 Å². The molecule has 0 aliphatic carbocycles. The molecule has 3 heteroatoms. The number of carbonyl (C=O) groups excluding carboxylic acids is 1. The fourth-order valence-electron chi connectivity index (χ4n) is 2.56. The molecule has 0 aliphatic heterocycles. The van der Waals surface area contributed by atoms with Gasteiger partial charge < -0.3 is 10.5 Å². The minimum Gasteiger partial charge on any atom is -0.466 e. The van der Waals surface area contributed by atoms with E-state index in [1.54, 1.807) is 0 Å². The van der Waals surface area contributed by atoms with Crippen LogP contribution in [0.5, 0.6) is 0 Å². The lowest BCUT2D eigenvalue weighted by Gasteiger charge is -2.34. The van der Waals surface area contributed by atoms with Crippen LogP contribution < -0.4 is 5.73 Å². The zero-order chi connectivity index (χ0) is 16.0. The number of ether oxygens (including phenoxy) is 1. The normalized spacial score (nSPS) is 14.3. The number of benzene rings is 1. The van der Waals surface area contributed by atoms with Crippen molar-refractivity contribution in [2.45, 2.75) is 47.0 Å². The first-order valence-corrected chi connectivity index (χ1v) is 7.83. The van der Waals surface area contributed by atoms with Crippen molar-refractivity contribution in [3.05, 3.63) is 35.4 Å². The molecular weight excluding hydrogens is 262 g/mol. The van der Waals surface area contributed by atoms with Gasteiger partial charge in [0.05, 0.1) is 12.0 Å². The highest BCUT2D eigenvalue weighted by molar-refractivity contribution is 5.78. The van der Waals surface area contributed by atoms with E-state index in [0.717, 1.165) is 5.56 Å². The fraction of sp³-hybridized carbons (Fsp3) is 0.611. The van der Waals surface area contributed by atoms with Crippen LogP contribution in [0.25, 0.3) is 0 Å². The molecule has 2 N–H and O–H groups in total. The summed E-state index contributed by atoms with van der Waals surface area (Å²) in [5.41, 5.74) is 7.76. The molecule has 1 aromatic rings. The number of rotatable bonds is 7. The van der Waals surface area contributed by atoms with Crippen molar-refractivity contribution in [1.82, 2.24) is 0 Å². The molecule has 3 nitrogen and oxygen atoms in total. The van der Waals surface area contributed by atoms with Crippen LogP contribution in [0.15, 0.2) is 24.3 Å². The number of hydrogen-bond acceptors (Lipinski definition) is 3. The second-order valence-corrected chi connectivity index (χ2v) is 6.31. The zero-order valence-electron chi connectivity index (χ0n) is 14.0. The summed E-state index contributed by atoms with van der Waals surface area (Å²) >= 11 is 0. The number of esters is 1. The van der Waals surface area contributed by atoms with Gasteiger partial charge in [-0.05, 0) is 36.3 Å². The summed E-state index contributed by atoms with van der Waals surface area (Å²) in [6.45, 7) is 10.9. The zero-order valence-corrected chi connectivity index (χ0v) is 14.0. The molecular formula is C18H29NO2. The van der Waals surface area contributed by atoms with Crippen molar-refractivity contribution in [2.24, 2.45) is 17.1 Å². The Labute approximate surface area is 128 Å². The maximum absolute atomic E-state index is 12.4. The molecule has 1 atom stereocenters. The molecule has 0 amide bonds. The first-order chi connectivity index (χ1) is 9.87. The SMILES string of the molecule is CCOC(=O)C(CN)(Cc1ccc(C(C)C)cc1)C(C)C. The van der Waals surface area contributed by atoms with Gasteiger partial charge >= 0.3 is 5.97 Å². The lowest BCUT2D eigenvalue weighted by molar-refractivity contribution is -0.157. The van der Waals surface area contributed by atoms with Gasteiger partial charge in [0.15, 0.2) is 0 Å². The smallest absolute Gasteiger partial charge is 0.313 e. The van der Waals surface area contributed by atoms with Crippen molar-refractivity contribution < 1.29 is 9.53 Å². The highest BCUT2D eigenvalue weighted by atomic mass is 16.5. The predicted octanol–water partition coefficient (Wildman–Crippen LogP) is 3.52. The van der Waals surface area contributed by atoms with Crippen LogP contribution in [0.1, 0.15) is 51.7 Å². The van der Waals surface area contributed by atoms with Crippen molar-refractivity contribution in [1.29, 1.82) is 0 Å². The van der Waals surface area contributed by atoms with Gasteiger partial charge in [0, 0.05) is 6.54 Å². The molecule has 0 radical (unpaired) electrons. The maximum Gasteiger partial charge on any atom is 0.313 e. The number of carbonyl (C=O) groups is 1. The van der Waals surface area contributed by atoms with E-state index < -0.39 is 5.41 Å². The second-order valence-electron chi connectivity index (χ2n) is 6.31. The molecule has 0 spiro atoms. The maximum atomic E-state index is 12.4. The van der Waals surface area contributed by atoms with E-state index >= 15 is 0 Å². The Morgan fingerprint density at radius 3 is 2.14 bits per heavy atom. The minimum atomic E-state index is -0.643. The first kappa shape index (κ1) is 17.7. The van der Waals surface area contributed by atoms with Gasteiger partial charge in [0.25, 0.3) is 0 Å². The van der Waals surface area contributed by atoms with Crippen LogP contribution in [0.3, 0.4) is 0 Å². The van der Waals surface area contributed by atoms with Crippen LogP contribution in [0.2, 0.25) is 0 Å². The van der Waals surface area contributed by atoms with Gasteiger partial charge in [-0.25, -0.2) is 0 Å². The van der Waals surface area contributed by atoms with Crippen LogP contribution in [-0.4, -0.2) is 19.1 Å². The Kier molecular flexibility index (Phi) is 6.41. The van der Waals surface area contributed by atoms with E-state index in [4.69, 9.17) is 10.5 Å². The molecule has 0 saturated carbocycles. The molecule has 1 unspecified atom stereocenters. The van der Waals surface area contributed by atoms with E-state index in [1.165, 1.54) is 5.56 Å². The molecule has 118 valence electrons. The van der Waals surface area contributed by atoms with E-state index in [0.29, 0.717) is 25.5 Å². The van der Waals surface area contributed by atoms with Gasteiger partial charge in [-0.1, -0.05) is 52.0 Å². The van der Waals surface area contributed by atoms with Crippen LogP contribution in [0.4, 0.5) is 0 Å². The quantitative estimate of drug-likeness (QED) is 0.782. The molecule has 0 aliphatic rings. The molecule has 0 aromatic heterocycles. The first-order valence-electron chi connectivity index (χ1n) is 7.83. The Hall–Kier alpha value is -1.35. The summed E-state index contributed by atoms with van der Waals surface area (Å²) in [5.74, 6) is 0.454. The third-order valence-corrected chi connectivity index (χ3v) is 4.32. The predicted molar refractivity (Wildman–Crippen MR) is 87.2 cm³/mol. The fourth-order valence-corrected chi connectivity index (χ4v) is 2.56. The minimum absolute atomic E-state index is 0.131. The Bertz CT molecular complexity index is 451. The van der Waals surface area contributed by atoms with Gasteiger partial charge in [0.2, 0.25) is 0 Å². The lowest BCUT2D eigenvalue weighted by atomic mass is 9.72. The lowest BCUT2D eigenvalue weighted by Crippen LogP contribution is -2.46. The standard InChI is InChI=1S/C18H29NO2/c1-6-21-17(20)18(12-19,14(4)5)11-15-7-9-16(10-8-15)13(2)3/h7-10,13-14H,6,11-12,19H2,1-5H3. The summed E-state index contributed by atoms with van der Waals surface area (Å²) in [6.07, 6.45) is 0.623. The van der Waals surface area contributed by atoms with Crippen molar-refractivity contribution in [3.63, 3.8) is 0 Å². The van der Waals surface area contributed by atoms with Crippen LogP contribution in [-0.2, 0) is 16.0 Å². The third-order valence-electron chi connectivity index (χ3n) is 4.32. The summed E-state index contributed by atoms with van der Waals surface area (Å²) in [4.78, 5) is 12.4. The van der Waals surface area contributed by atoms with E-state index in [1.807, 2.05) is 20.8 Å². The molecule has 0 saturated heterocycles. The Morgan fingerprint density at radius 2 is 1.76 bits per heavy atom. The van der Waals surface area contributed by atoms with Gasteiger partial charge in [-0.2, -0.15) is 0 Å². The average Bonchev–Trinajstić information content (AvgIpc) is 2.45. The second kappa shape index (κ2) is 7.60. The summed E-state index contributed by atoms with van der Waals surface area (Å²) in [7, 11) is 0. The molecule has 0 bridgehead atoms. The van der Waals surface area contributed by atoms with Crippen molar-refractivity contribution in [2.75, 3.05) is 13.2 Å². The highest BCUT2D eigenvalue weighted by Crippen LogP contribution is 2.33. The average molecular weight is 291 g/mol. The molecule has 0 heterocycles.